The lowest BCUT2D eigenvalue weighted by molar-refractivity contribution is -0.130. The van der Waals surface area contributed by atoms with Crippen molar-refractivity contribution in [3.63, 3.8) is 0 Å². The fraction of sp³-hybridized carbons (Fsp3) is 0.683. The molecule has 2 amide bonds. The highest BCUT2D eigenvalue weighted by Crippen LogP contribution is 2.41. The molecule has 3 aliphatic rings. The average molecular weight is 807 g/mol. The quantitative estimate of drug-likeness (QED) is 0.222. The SMILES string of the molecule is CC.CC(CN1CCN(C(=O)OC(C)(C)C)CC1)SC(C)(C)C(C=O)NC(=O)C1(F)CC1.CN1CCCC1C=O.CNCc1ccc(-c2scnc2C)cc1. The number of nitrogens with one attached hydrogen (secondary N) is 2. The molecule has 0 spiro atoms. The maximum Gasteiger partial charge on any atom is 0.410 e. The van der Waals surface area contributed by atoms with Crippen molar-refractivity contribution in [2.45, 2.75) is 128 Å². The van der Waals surface area contributed by atoms with Crippen LogP contribution < -0.4 is 10.6 Å². The molecule has 1 aromatic carbocycles. The van der Waals surface area contributed by atoms with Crippen molar-refractivity contribution in [1.82, 2.24) is 30.3 Å². The molecule has 1 aliphatic carbocycles. The summed E-state index contributed by atoms with van der Waals surface area (Å²) in [6, 6.07) is 8.10. The van der Waals surface area contributed by atoms with E-state index >= 15 is 0 Å². The zero-order chi connectivity index (χ0) is 41.4. The van der Waals surface area contributed by atoms with E-state index in [4.69, 9.17) is 4.74 Å². The number of halogens is 1. The number of benzene rings is 1. The molecule has 310 valence electrons. The van der Waals surface area contributed by atoms with Gasteiger partial charge in [-0.05, 0) is 99.0 Å². The third kappa shape index (κ3) is 16.2. The first-order chi connectivity index (χ1) is 25.9. The van der Waals surface area contributed by atoms with E-state index in [1.54, 1.807) is 28.0 Å². The van der Waals surface area contributed by atoms with Gasteiger partial charge in [-0.2, -0.15) is 0 Å². The number of ether oxygens (including phenoxy) is 1. The molecule has 11 nitrogen and oxygen atoms in total. The van der Waals surface area contributed by atoms with Crippen LogP contribution >= 0.6 is 23.1 Å². The summed E-state index contributed by atoms with van der Waals surface area (Å²) < 4.78 is 18.8. The molecule has 2 aliphatic heterocycles. The first kappa shape index (κ1) is 48.2. The van der Waals surface area contributed by atoms with Crippen molar-refractivity contribution in [1.29, 1.82) is 0 Å². The zero-order valence-corrected chi connectivity index (χ0v) is 36.7. The Kier molecular flexibility index (Phi) is 19.9. The highest BCUT2D eigenvalue weighted by Gasteiger charge is 2.52. The second kappa shape index (κ2) is 22.7. The van der Waals surface area contributed by atoms with Gasteiger partial charge in [0.25, 0.3) is 5.91 Å². The molecule has 5 rings (SSSR count). The molecule has 3 heterocycles. The highest BCUT2D eigenvalue weighted by atomic mass is 32.2. The second-order valence-electron chi connectivity index (χ2n) is 15.7. The first-order valence-corrected chi connectivity index (χ1v) is 21.3. The van der Waals surface area contributed by atoms with Crippen LogP contribution in [-0.4, -0.2) is 131 Å². The van der Waals surface area contributed by atoms with Crippen molar-refractivity contribution in [3.05, 3.63) is 41.0 Å². The molecule has 1 aromatic heterocycles. The van der Waals surface area contributed by atoms with Gasteiger partial charge in [-0.25, -0.2) is 14.2 Å². The number of rotatable bonds is 12. The van der Waals surface area contributed by atoms with Crippen molar-refractivity contribution in [2.75, 3.05) is 53.4 Å². The van der Waals surface area contributed by atoms with Gasteiger partial charge in [0, 0.05) is 49.3 Å². The predicted molar refractivity (Wildman–Crippen MR) is 225 cm³/mol. The standard InChI is InChI=1S/C21H36FN3O4S.C12H14N2S.C6H11NO.C2H6/c1-15(13-24-9-11-25(12-10-24)18(28)29-19(2,3)4)30-20(5,6)16(14-26)23-17(27)21(22)7-8-21;1-9-12(15-8-14-9)11-5-3-10(4-6-11)7-13-2;1-7-4-2-3-6(7)5-8;1-2/h14-16H,7-13H2,1-6H3,(H,23,27);3-6,8,13H,7H2,1-2H3;5-6H,2-4H2,1H3;1-2H3. The molecule has 14 heteroatoms. The van der Waals surface area contributed by atoms with E-state index in [-0.39, 0.29) is 30.2 Å². The number of nitrogens with zero attached hydrogens (tertiary/aromatic N) is 4. The molecule has 3 fully saturated rings. The number of thioether (sulfide) groups is 1. The molecule has 2 saturated heterocycles. The third-order valence-corrected chi connectivity index (χ3v) is 11.8. The zero-order valence-electron chi connectivity index (χ0n) is 35.1. The second-order valence-corrected chi connectivity index (χ2v) is 18.6. The van der Waals surface area contributed by atoms with Crippen LogP contribution in [0.2, 0.25) is 0 Å². The van der Waals surface area contributed by atoms with Crippen molar-refractivity contribution < 1.29 is 28.3 Å². The molecule has 0 radical (unpaired) electrons. The predicted octanol–water partition coefficient (Wildman–Crippen LogP) is 6.77. The number of piperazine rings is 1. The Bertz CT molecular complexity index is 1470. The van der Waals surface area contributed by atoms with Crippen LogP contribution in [0.5, 0.6) is 0 Å². The van der Waals surface area contributed by atoms with Gasteiger partial charge in [-0.3, -0.25) is 14.6 Å². The van der Waals surface area contributed by atoms with Gasteiger partial charge in [-0.15, -0.1) is 23.1 Å². The molecule has 2 aromatic rings. The fourth-order valence-electron chi connectivity index (χ4n) is 6.08. The van der Waals surface area contributed by atoms with Crippen LogP contribution in [0.1, 0.15) is 92.3 Å². The minimum atomic E-state index is -1.79. The summed E-state index contributed by atoms with van der Waals surface area (Å²) >= 11 is 3.30. The lowest BCUT2D eigenvalue weighted by atomic mass is 10.0. The molecule has 2 N–H and O–H groups in total. The van der Waals surface area contributed by atoms with Gasteiger partial charge in [0.05, 0.1) is 28.2 Å². The van der Waals surface area contributed by atoms with Gasteiger partial charge in [0.2, 0.25) is 0 Å². The third-order valence-electron chi connectivity index (χ3n) is 9.39. The minimum Gasteiger partial charge on any atom is -0.444 e. The topological polar surface area (TPSA) is 124 Å². The number of aryl methyl sites for hydroxylation is 1. The summed E-state index contributed by atoms with van der Waals surface area (Å²) in [5.41, 5.74) is 3.28. The molecule has 1 saturated carbocycles. The lowest BCUT2D eigenvalue weighted by Crippen LogP contribution is -2.53. The Labute approximate surface area is 337 Å². The van der Waals surface area contributed by atoms with Crippen LogP contribution in [-0.2, 0) is 25.7 Å². The van der Waals surface area contributed by atoms with Gasteiger partial charge in [0.1, 0.15) is 18.2 Å². The maximum absolute atomic E-state index is 14.0. The van der Waals surface area contributed by atoms with Gasteiger partial charge in [0.15, 0.2) is 5.67 Å². The molecule has 3 unspecified atom stereocenters. The van der Waals surface area contributed by atoms with E-state index in [1.165, 1.54) is 22.4 Å². The number of carbonyl (C=O) groups is 4. The largest absolute Gasteiger partial charge is 0.444 e. The molecule has 3 atom stereocenters. The summed E-state index contributed by atoms with van der Waals surface area (Å²) in [4.78, 5) is 57.6. The summed E-state index contributed by atoms with van der Waals surface area (Å²) in [5, 5.41) is 5.91. The van der Waals surface area contributed by atoms with Crippen LogP contribution in [0.4, 0.5) is 9.18 Å². The highest BCUT2D eigenvalue weighted by molar-refractivity contribution is 8.01. The number of hydrogen-bond donors (Lipinski definition) is 2. The van der Waals surface area contributed by atoms with Gasteiger partial charge < -0.3 is 29.9 Å². The van der Waals surface area contributed by atoms with E-state index in [0.29, 0.717) is 19.4 Å². The first-order valence-electron chi connectivity index (χ1n) is 19.5. The minimum absolute atomic E-state index is 0.188. The number of alkyl halides is 1. The van der Waals surface area contributed by atoms with E-state index in [2.05, 4.69) is 56.6 Å². The molecule has 0 bridgehead atoms. The van der Waals surface area contributed by atoms with Crippen LogP contribution in [0, 0.1) is 6.92 Å². The van der Waals surface area contributed by atoms with Gasteiger partial charge >= 0.3 is 6.09 Å². The number of thiazole rings is 1. The Morgan fingerprint density at radius 1 is 1.07 bits per heavy atom. The fourth-order valence-corrected chi connectivity index (χ4v) is 8.47. The number of likely N-dealkylation sites (N-methyl/N-ethyl adjacent to an activating group) is 1. The summed E-state index contributed by atoms with van der Waals surface area (Å²) in [6.45, 7) is 23.0. The number of hydrogen-bond acceptors (Lipinski definition) is 11. The van der Waals surface area contributed by atoms with E-state index in [1.807, 2.05) is 75.0 Å². The maximum atomic E-state index is 14.0. The van der Waals surface area contributed by atoms with Crippen molar-refractivity contribution >= 4 is 47.7 Å². The molecular formula is C41H67FN6O5S2. The van der Waals surface area contributed by atoms with E-state index < -0.39 is 28.0 Å². The average Bonchev–Trinajstić information content (AvgIpc) is 3.52. The summed E-state index contributed by atoms with van der Waals surface area (Å²) in [5.74, 6) is -0.681. The van der Waals surface area contributed by atoms with Crippen molar-refractivity contribution in [3.8, 4) is 10.4 Å². The number of amides is 2. The number of aromatic nitrogens is 1. The van der Waals surface area contributed by atoms with Crippen LogP contribution in [0.3, 0.4) is 0 Å². The smallest absolute Gasteiger partial charge is 0.410 e. The van der Waals surface area contributed by atoms with E-state index in [9.17, 15) is 23.6 Å². The van der Waals surface area contributed by atoms with Crippen molar-refractivity contribution in [2.24, 2.45) is 0 Å². The summed E-state index contributed by atoms with van der Waals surface area (Å²) in [6.07, 6.45) is 4.14. The number of likely N-dealkylation sites (tertiary alicyclic amines) is 1. The Morgan fingerprint density at radius 2 is 1.69 bits per heavy atom. The monoisotopic (exact) mass is 806 g/mol. The lowest BCUT2D eigenvalue weighted by Gasteiger charge is -2.38. The molecular weight excluding hydrogens is 740 g/mol. The van der Waals surface area contributed by atoms with E-state index in [0.717, 1.165) is 51.1 Å². The number of carbonyl (C=O) groups excluding carboxylic acids is 4. The number of aldehydes is 2. The Balaban J connectivity index is 0.000000341. The summed E-state index contributed by atoms with van der Waals surface area (Å²) in [7, 11) is 3.95. The normalized spacial score (nSPS) is 19.2. The Morgan fingerprint density at radius 3 is 2.13 bits per heavy atom. The Hall–Kier alpha value is -2.91. The van der Waals surface area contributed by atoms with Crippen LogP contribution in [0.15, 0.2) is 29.8 Å². The molecule has 55 heavy (non-hydrogen) atoms. The van der Waals surface area contributed by atoms with Gasteiger partial charge in [-0.1, -0.05) is 45.0 Å². The van der Waals surface area contributed by atoms with Crippen LogP contribution in [0.25, 0.3) is 10.4 Å².